The minimum Gasteiger partial charge on any atom is -0.756 e. The smallest absolute Gasteiger partial charge is 0.306 e. The van der Waals surface area contributed by atoms with Gasteiger partial charge in [-0.3, -0.25) is 9.36 Å². The molecule has 0 bridgehead atoms. The zero-order valence-corrected chi connectivity index (χ0v) is 43.2. The van der Waals surface area contributed by atoms with Crippen molar-refractivity contribution in [2.45, 2.75) is 251 Å². The number of carbonyl (C=O) groups is 1. The molecule has 0 spiro atoms. The lowest BCUT2D eigenvalue weighted by Gasteiger charge is -2.28. The summed E-state index contributed by atoms with van der Waals surface area (Å²) in [5.41, 5.74) is 0. The SMILES string of the molecule is CCCCCCC/C=C\C/C=C\C/C=C\CCCCCCCCCCCCC(=O)OC(COCCCCCCCCCCCCCCCCCC)COP(=O)([O-])OCC[N+](C)(C)C. The number of rotatable bonds is 50. The van der Waals surface area contributed by atoms with E-state index in [1.807, 2.05) is 21.1 Å². The molecule has 2 atom stereocenters. The number of esters is 1. The van der Waals surface area contributed by atoms with Crippen LogP contribution >= 0.6 is 7.82 Å². The van der Waals surface area contributed by atoms with Crippen LogP contribution in [0.4, 0.5) is 0 Å². The standard InChI is InChI=1S/C54H104NO7P/c1-6-8-10-12-14-16-18-20-22-24-25-26-27-28-29-30-31-32-33-35-37-39-41-43-45-47-54(56)62-53(52-61-63(57,58)60-50-48-55(3,4)5)51-59-49-46-44-42-40-38-36-34-23-21-19-17-15-13-11-9-7-2/h18,20,24-25,27-28,53H,6-17,19,21-23,26,29-52H2,1-5H3/b20-18-,25-24-,28-27-. The van der Waals surface area contributed by atoms with Crippen molar-refractivity contribution in [3.63, 3.8) is 0 Å². The summed E-state index contributed by atoms with van der Waals surface area (Å²) in [6, 6.07) is 0. The molecule has 0 radical (unpaired) electrons. The number of ether oxygens (including phenoxy) is 2. The zero-order valence-electron chi connectivity index (χ0n) is 42.3. The first-order chi connectivity index (χ1) is 30.6. The third-order valence-corrected chi connectivity index (χ3v) is 12.7. The molecule has 0 heterocycles. The molecule has 0 aliphatic rings. The van der Waals surface area contributed by atoms with Gasteiger partial charge in [-0.25, -0.2) is 0 Å². The fourth-order valence-corrected chi connectivity index (χ4v) is 8.28. The van der Waals surface area contributed by atoms with Gasteiger partial charge < -0.3 is 27.9 Å². The van der Waals surface area contributed by atoms with Crippen LogP contribution in [0.5, 0.6) is 0 Å². The molecule has 0 aromatic heterocycles. The summed E-state index contributed by atoms with van der Waals surface area (Å²) in [5.74, 6) is -0.334. The van der Waals surface area contributed by atoms with Crippen molar-refractivity contribution in [3.05, 3.63) is 36.5 Å². The second-order valence-electron chi connectivity index (χ2n) is 19.2. The third kappa shape index (κ3) is 51.6. The van der Waals surface area contributed by atoms with E-state index < -0.39 is 13.9 Å². The van der Waals surface area contributed by atoms with E-state index in [2.05, 4.69) is 50.3 Å². The average molecular weight is 910 g/mol. The summed E-state index contributed by atoms with van der Waals surface area (Å²) in [4.78, 5) is 25.2. The Labute approximate surface area is 391 Å². The van der Waals surface area contributed by atoms with Crippen LogP contribution in [0.2, 0.25) is 0 Å². The van der Waals surface area contributed by atoms with Crippen LogP contribution in [-0.4, -0.2) is 70.7 Å². The number of nitrogens with zero attached hydrogens (tertiary/aromatic N) is 1. The van der Waals surface area contributed by atoms with Gasteiger partial charge in [0.15, 0.2) is 0 Å². The summed E-state index contributed by atoms with van der Waals surface area (Å²) in [6.07, 6.45) is 57.4. The number of carbonyl (C=O) groups excluding carboxylic acids is 1. The van der Waals surface area contributed by atoms with Gasteiger partial charge in [-0.1, -0.05) is 224 Å². The number of hydrogen-bond acceptors (Lipinski definition) is 7. The van der Waals surface area contributed by atoms with Gasteiger partial charge in [-0.2, -0.15) is 0 Å². The predicted octanol–water partition coefficient (Wildman–Crippen LogP) is 15.9. The molecule has 0 fully saturated rings. The Balaban J connectivity index is 4.09. The molecule has 9 heteroatoms. The largest absolute Gasteiger partial charge is 0.756 e. The highest BCUT2D eigenvalue weighted by Gasteiger charge is 2.20. The lowest BCUT2D eigenvalue weighted by Crippen LogP contribution is -2.37. The number of likely N-dealkylation sites (N-methyl/N-ethyl adjacent to an activating group) is 1. The molecule has 0 saturated carbocycles. The van der Waals surface area contributed by atoms with E-state index in [9.17, 15) is 14.3 Å². The van der Waals surface area contributed by atoms with Crippen LogP contribution in [0.3, 0.4) is 0 Å². The monoisotopic (exact) mass is 910 g/mol. The highest BCUT2D eigenvalue weighted by molar-refractivity contribution is 7.45. The van der Waals surface area contributed by atoms with E-state index in [1.54, 1.807) is 0 Å². The maximum Gasteiger partial charge on any atom is 0.306 e. The predicted molar refractivity (Wildman–Crippen MR) is 268 cm³/mol. The van der Waals surface area contributed by atoms with Gasteiger partial charge >= 0.3 is 5.97 Å². The van der Waals surface area contributed by atoms with Crippen LogP contribution < -0.4 is 4.89 Å². The molecule has 0 rings (SSSR count). The molecule has 0 aliphatic heterocycles. The Kier molecular flexibility index (Phi) is 46.3. The maximum atomic E-state index is 12.8. The number of hydrogen-bond donors (Lipinski definition) is 0. The van der Waals surface area contributed by atoms with Crippen LogP contribution in [0.15, 0.2) is 36.5 Å². The highest BCUT2D eigenvalue weighted by atomic mass is 31.2. The van der Waals surface area contributed by atoms with Crippen molar-refractivity contribution < 1.29 is 37.3 Å². The number of allylic oxidation sites excluding steroid dienone is 6. The Morgan fingerprint density at radius 3 is 1.30 bits per heavy atom. The van der Waals surface area contributed by atoms with Crippen LogP contribution in [0, 0.1) is 0 Å². The minimum atomic E-state index is -4.53. The van der Waals surface area contributed by atoms with Gasteiger partial charge in [0.1, 0.15) is 19.3 Å². The summed E-state index contributed by atoms with van der Waals surface area (Å²) in [7, 11) is 1.36. The van der Waals surface area contributed by atoms with Crippen molar-refractivity contribution >= 4 is 13.8 Å². The van der Waals surface area contributed by atoms with Gasteiger partial charge in [-0.05, 0) is 51.4 Å². The first-order valence-corrected chi connectivity index (χ1v) is 28.2. The van der Waals surface area contributed by atoms with Gasteiger partial charge in [0.2, 0.25) is 0 Å². The lowest BCUT2D eigenvalue weighted by molar-refractivity contribution is -0.870. The summed E-state index contributed by atoms with van der Waals surface area (Å²) < 4.78 is 34.8. The Bertz CT molecular complexity index is 1100. The van der Waals surface area contributed by atoms with E-state index in [4.69, 9.17) is 18.5 Å². The average Bonchev–Trinajstić information content (AvgIpc) is 3.24. The Morgan fingerprint density at radius 1 is 0.492 bits per heavy atom. The second-order valence-corrected chi connectivity index (χ2v) is 20.7. The van der Waals surface area contributed by atoms with E-state index in [0.29, 0.717) is 24.1 Å². The van der Waals surface area contributed by atoms with Crippen molar-refractivity contribution in [1.82, 2.24) is 0 Å². The van der Waals surface area contributed by atoms with Gasteiger partial charge in [-0.15, -0.1) is 0 Å². The molecule has 0 aromatic carbocycles. The molecule has 0 amide bonds. The fourth-order valence-electron chi connectivity index (χ4n) is 7.56. The van der Waals surface area contributed by atoms with E-state index in [-0.39, 0.29) is 25.8 Å². The molecule has 8 nitrogen and oxygen atoms in total. The van der Waals surface area contributed by atoms with Crippen molar-refractivity contribution in [3.8, 4) is 0 Å². The number of quaternary nitrogens is 1. The molecule has 0 N–H and O–H groups in total. The highest BCUT2D eigenvalue weighted by Crippen LogP contribution is 2.38. The number of unbranched alkanes of at least 4 members (excludes halogenated alkanes) is 30. The Hall–Kier alpha value is -1.28. The van der Waals surface area contributed by atoms with Crippen LogP contribution in [0.1, 0.15) is 245 Å². The Morgan fingerprint density at radius 2 is 0.873 bits per heavy atom. The second kappa shape index (κ2) is 47.2. The molecular weight excluding hydrogens is 806 g/mol. The van der Waals surface area contributed by atoms with E-state index in [0.717, 1.165) is 44.9 Å². The van der Waals surface area contributed by atoms with Crippen molar-refractivity contribution in [1.29, 1.82) is 0 Å². The number of phosphoric ester groups is 1. The molecular formula is C54H104NO7P. The topological polar surface area (TPSA) is 94.1 Å². The summed E-state index contributed by atoms with van der Waals surface area (Å²) in [5, 5.41) is 0. The quantitative estimate of drug-likeness (QED) is 0.0197. The number of phosphoric acid groups is 1. The minimum absolute atomic E-state index is 0.0267. The molecule has 0 aromatic rings. The first-order valence-electron chi connectivity index (χ1n) is 26.7. The van der Waals surface area contributed by atoms with Crippen molar-refractivity contribution in [2.75, 3.05) is 54.1 Å². The van der Waals surface area contributed by atoms with E-state index >= 15 is 0 Å². The van der Waals surface area contributed by atoms with Gasteiger partial charge in [0.25, 0.3) is 7.82 Å². The van der Waals surface area contributed by atoms with Gasteiger partial charge in [0, 0.05) is 13.0 Å². The molecule has 2 unspecified atom stereocenters. The molecule has 372 valence electrons. The lowest BCUT2D eigenvalue weighted by atomic mass is 10.0. The van der Waals surface area contributed by atoms with Crippen LogP contribution in [-0.2, 0) is 27.9 Å². The molecule has 0 aliphatic carbocycles. The zero-order chi connectivity index (χ0) is 46.2. The molecule has 63 heavy (non-hydrogen) atoms. The van der Waals surface area contributed by atoms with Crippen LogP contribution in [0.25, 0.3) is 0 Å². The van der Waals surface area contributed by atoms with Gasteiger partial charge in [0.05, 0.1) is 34.4 Å². The third-order valence-electron chi connectivity index (χ3n) is 11.7. The maximum absolute atomic E-state index is 12.8. The summed E-state index contributed by atoms with van der Waals surface area (Å²) in [6.45, 7) is 5.44. The van der Waals surface area contributed by atoms with Crippen molar-refractivity contribution in [2.24, 2.45) is 0 Å². The van der Waals surface area contributed by atoms with E-state index in [1.165, 1.54) is 180 Å². The molecule has 0 saturated heterocycles. The summed E-state index contributed by atoms with van der Waals surface area (Å²) >= 11 is 0. The normalized spacial score (nSPS) is 13.8. The first kappa shape index (κ1) is 61.7. The fraction of sp³-hybridized carbons (Fsp3) is 0.870.